The Kier molecular flexibility index (Phi) is 105. The number of aryl methyl sites for hydroxylation is 14. The van der Waals surface area contributed by atoms with E-state index in [1.807, 2.05) is 272 Å². The molecule has 0 radical (unpaired) electrons. The molecule has 94 heavy (non-hydrogen) atoms. The first kappa shape index (κ1) is 107. The van der Waals surface area contributed by atoms with Crippen LogP contribution in [0.3, 0.4) is 0 Å². The van der Waals surface area contributed by atoms with Crippen LogP contribution in [-0.4, -0.2) is 145 Å². The minimum atomic E-state index is 0.803. The quantitative estimate of drug-likeness (QED) is 0.0741. The van der Waals surface area contributed by atoms with E-state index >= 15 is 0 Å². The summed E-state index contributed by atoms with van der Waals surface area (Å²) < 4.78 is 9.03. The molecule has 0 unspecified atom stereocenters. The molecular weight excluding hydrogens is 1230 g/mol. The molecule has 0 bridgehead atoms. The number of hydrogen-bond acceptors (Lipinski definition) is 21. The van der Waals surface area contributed by atoms with Gasteiger partial charge in [0.15, 0.2) is 0 Å². The van der Waals surface area contributed by atoms with Gasteiger partial charge in [-0.2, -0.15) is 45.9 Å². The van der Waals surface area contributed by atoms with Crippen molar-refractivity contribution in [3.63, 3.8) is 0 Å². The molecule has 0 saturated heterocycles. The van der Waals surface area contributed by atoms with Gasteiger partial charge < -0.3 is 4.57 Å². The highest BCUT2D eigenvalue weighted by molar-refractivity contribution is 7.11. The Morgan fingerprint density at radius 2 is 0.851 bits per heavy atom. The van der Waals surface area contributed by atoms with Crippen molar-refractivity contribution in [2.45, 2.75) is 215 Å². The van der Waals surface area contributed by atoms with Crippen LogP contribution < -0.4 is 0 Å². The van der Waals surface area contributed by atoms with Crippen LogP contribution in [0.5, 0.6) is 0 Å². The summed E-state index contributed by atoms with van der Waals surface area (Å²) in [6.45, 7) is 61.1. The number of nitrogens with one attached hydrogen (secondary N) is 7. The molecule has 7 N–H and O–H groups in total. The molecule has 0 aliphatic heterocycles. The summed E-state index contributed by atoms with van der Waals surface area (Å²) in [5, 5.41) is 68.7. The van der Waals surface area contributed by atoms with Crippen LogP contribution in [-0.2, 0) is 21.1 Å². The Bertz CT molecular complexity index is 2250. The number of aromatic amines is 7. The highest BCUT2D eigenvalue weighted by Gasteiger charge is 1.89. The van der Waals surface area contributed by atoms with Crippen LogP contribution in [0.4, 0.5) is 0 Å². The Labute approximate surface area is 574 Å². The predicted molar refractivity (Wildman–Crippen MR) is 394 cm³/mol. The summed E-state index contributed by atoms with van der Waals surface area (Å²) in [5.74, 6) is 4.25. The molecule has 0 spiro atoms. The van der Waals surface area contributed by atoms with Gasteiger partial charge in [-0.3, -0.25) is 45.1 Å². The zero-order valence-corrected chi connectivity index (χ0v) is 65.7. The number of nitrogens with zero attached hydrogens (tertiary/aromatic N) is 22. The number of rotatable bonds is 0. The van der Waals surface area contributed by atoms with Gasteiger partial charge in [-0.05, 0) is 118 Å². The molecule has 12 aromatic rings. The average Bonchev–Trinajstić information content (AvgIpc) is 3.91. The monoisotopic (exact) mass is 1350 g/mol. The van der Waals surface area contributed by atoms with E-state index < -0.39 is 0 Å². The summed E-state index contributed by atoms with van der Waals surface area (Å²) in [6.07, 6.45) is 23.4. The zero-order valence-electron chi connectivity index (χ0n) is 64.0. The molecule has 0 saturated carbocycles. The van der Waals surface area contributed by atoms with Crippen molar-refractivity contribution >= 4 is 22.9 Å². The standard InChI is InChI=1S/C4H7N3.C4H6N2S.4C4H6N2.C4H5NS.5C3H5N3.10C2H6/c1-3-5-4(2)7-6-3;1-3-5-6-4(2)7-3;1-4-2-5-6-3-4;1-6-4-2-3-5-6;3*1-4-2-3-5-6-4;1-6-2-4-5-3-6;1-6-3-4-2-5-6;3*1-3-4-2-5-6-3;10*1-2/h1-2H3,(H,5,6,7);1-2H3;2-3H,1H3,(H,5,6);2-4H,1H3;2*2-3H,1H3,(H,5,6);3*2-3H,1H3;3*2H,1H3,(H,4,5,6);10*1-2H3. The van der Waals surface area contributed by atoms with Crippen molar-refractivity contribution in [1.29, 1.82) is 0 Å². The fourth-order valence-electron chi connectivity index (χ4n) is 3.76. The van der Waals surface area contributed by atoms with Gasteiger partial charge in [-0.25, -0.2) is 29.3 Å². The molecule has 31 heteroatoms. The lowest BCUT2D eigenvalue weighted by Gasteiger charge is -1.77. The third kappa shape index (κ3) is 89.3. The normalized spacial score (nSPS) is 7.68. The van der Waals surface area contributed by atoms with Gasteiger partial charge in [-0.15, -0.1) is 31.7 Å². The maximum Gasteiger partial charge on any atom is 0.147 e. The summed E-state index contributed by atoms with van der Waals surface area (Å²) in [7, 11) is 5.59. The molecule has 0 aliphatic rings. The lowest BCUT2D eigenvalue weighted by molar-refractivity contribution is 0.765. The topological polar surface area (TPSA) is 370 Å². The molecule has 0 aliphatic carbocycles. The van der Waals surface area contributed by atoms with E-state index in [1.54, 1.807) is 75.2 Å². The molecule has 0 atom stereocenters. The first-order chi connectivity index (χ1) is 45.5. The largest absolute Gasteiger partial charge is 0.323 e. The average molecular weight is 1360 g/mol. The second kappa shape index (κ2) is 92.6. The second-order valence-electron chi connectivity index (χ2n) is 14.3. The van der Waals surface area contributed by atoms with Gasteiger partial charge in [0.05, 0.1) is 6.20 Å². The summed E-state index contributed by atoms with van der Waals surface area (Å²) >= 11 is 3.15. The first-order valence-electron chi connectivity index (χ1n) is 31.9. The van der Waals surface area contributed by atoms with E-state index in [1.165, 1.54) is 47.3 Å². The van der Waals surface area contributed by atoms with Crippen molar-refractivity contribution in [1.82, 2.24) is 145 Å². The summed E-state index contributed by atoms with van der Waals surface area (Å²) in [4.78, 5) is 20.1. The highest BCUT2D eigenvalue weighted by atomic mass is 32.1. The lowest BCUT2D eigenvalue weighted by atomic mass is 10.4. The Balaban J connectivity index is -0.0000000999. The smallest absolute Gasteiger partial charge is 0.147 e. The predicted octanol–water partition coefficient (Wildman–Crippen LogP) is 15.8. The third-order valence-electron chi connectivity index (χ3n) is 7.13. The molecule has 12 rings (SSSR count). The van der Waals surface area contributed by atoms with Crippen LogP contribution >= 0.6 is 22.9 Å². The van der Waals surface area contributed by atoms with Gasteiger partial charge >= 0.3 is 0 Å². The van der Waals surface area contributed by atoms with E-state index in [2.05, 4.69) is 131 Å². The number of H-pyrrole nitrogens is 7. The first-order valence-corrected chi connectivity index (χ1v) is 33.4. The van der Waals surface area contributed by atoms with Crippen molar-refractivity contribution in [2.75, 3.05) is 0 Å². The SMILES string of the molecule is CC.CC.CC.CC.CC.CC.CC.CC.CC.CC.Cc1ccn[nH]1.Cc1ccn[nH]1.Cc1ccns1.Cc1cn[nH]c1.Cc1n[nH]c(C)n1.Cc1ncn[nH]1.Cc1ncn[nH]1.Cc1ncn[nH]1.Cc1nnc(C)s1.Cn1cccn1.Cn1cncn1.Cn1cnnc1. The van der Waals surface area contributed by atoms with Crippen molar-refractivity contribution < 1.29 is 0 Å². The maximum absolute atomic E-state index is 3.94. The van der Waals surface area contributed by atoms with Gasteiger partial charge in [0.2, 0.25) is 0 Å². The fraction of sp³-hybridized carbons (Fsp3) is 0.540. The highest BCUT2D eigenvalue weighted by Crippen LogP contribution is 2.04. The van der Waals surface area contributed by atoms with E-state index in [0.717, 1.165) is 50.5 Å². The number of hydrogen-bond donors (Lipinski definition) is 7. The van der Waals surface area contributed by atoms with Crippen LogP contribution in [0, 0.1) is 76.2 Å². The van der Waals surface area contributed by atoms with Gasteiger partial charge in [0, 0.05) is 74.6 Å². The van der Waals surface area contributed by atoms with Crippen molar-refractivity contribution in [2.24, 2.45) is 21.1 Å². The minimum absolute atomic E-state index is 0.803. The maximum atomic E-state index is 3.94. The van der Waals surface area contributed by atoms with Gasteiger partial charge in [0.1, 0.15) is 83.4 Å². The van der Waals surface area contributed by atoms with E-state index in [0.29, 0.717) is 0 Å². The van der Waals surface area contributed by atoms with Crippen LogP contribution in [0.25, 0.3) is 0 Å². The fourth-order valence-corrected chi connectivity index (χ4v) is 4.76. The Morgan fingerprint density at radius 3 is 0.947 bits per heavy atom. The molecule has 0 aromatic carbocycles. The van der Waals surface area contributed by atoms with E-state index in [-0.39, 0.29) is 0 Å². The zero-order chi connectivity index (χ0) is 74.6. The van der Waals surface area contributed by atoms with Gasteiger partial charge in [-0.1, -0.05) is 138 Å². The summed E-state index contributed by atoms with van der Waals surface area (Å²) in [6, 6.07) is 7.71. The van der Waals surface area contributed by atoms with Crippen LogP contribution in [0.2, 0.25) is 0 Å². The van der Waals surface area contributed by atoms with Crippen molar-refractivity contribution in [3.05, 3.63) is 173 Å². The molecule has 0 amide bonds. The third-order valence-corrected chi connectivity index (χ3v) is 8.53. The van der Waals surface area contributed by atoms with E-state index in [9.17, 15) is 0 Å². The van der Waals surface area contributed by atoms with Crippen molar-refractivity contribution in [3.8, 4) is 0 Å². The minimum Gasteiger partial charge on any atom is -0.323 e. The molecular formula is C63H127N29S2. The molecule has 536 valence electrons. The molecule has 0 fully saturated rings. The van der Waals surface area contributed by atoms with Crippen LogP contribution in [0.1, 0.15) is 199 Å². The Hall–Kier alpha value is -9.13. The molecule has 12 heterocycles. The van der Waals surface area contributed by atoms with Crippen LogP contribution in [0.15, 0.2) is 112 Å². The summed E-state index contributed by atoms with van der Waals surface area (Å²) in [5.41, 5.74) is 3.39. The second-order valence-corrected chi connectivity index (χ2v) is 16.7. The Morgan fingerprint density at radius 1 is 0.415 bits per heavy atom. The lowest BCUT2D eigenvalue weighted by Crippen LogP contribution is -1.83. The number of aromatic nitrogens is 29. The molecule has 29 nitrogen and oxygen atoms in total. The van der Waals surface area contributed by atoms with Gasteiger partial charge in [0.25, 0.3) is 0 Å². The van der Waals surface area contributed by atoms with E-state index in [4.69, 9.17) is 0 Å². The molecule has 12 aromatic heterocycles.